The molecular weight excluding hydrogens is 379 g/mol. The Kier molecular flexibility index (Phi) is 6.12. The van der Waals surface area contributed by atoms with E-state index in [1.54, 1.807) is 4.68 Å². The van der Waals surface area contributed by atoms with Gasteiger partial charge in [0.25, 0.3) is 0 Å². The molecule has 0 amide bonds. The number of benzene rings is 3. The molecule has 4 rings (SSSR count). The minimum atomic E-state index is -1.88. The lowest BCUT2D eigenvalue weighted by atomic mass is 10.3. The summed E-state index contributed by atoms with van der Waals surface area (Å²) in [5, 5.41) is 12.4. The fourth-order valence-corrected chi connectivity index (χ4v) is 8.09. The maximum absolute atomic E-state index is 12.6. The number of nitrogens with zero attached hydrogens (tertiary/aromatic N) is 3. The molecule has 5 heteroatoms. The van der Waals surface area contributed by atoms with Gasteiger partial charge < -0.3 is 0 Å². The van der Waals surface area contributed by atoms with Crippen molar-refractivity contribution in [3.63, 3.8) is 0 Å². The molecule has 0 radical (unpaired) electrons. The van der Waals surface area contributed by atoms with E-state index in [2.05, 4.69) is 101 Å². The summed E-state index contributed by atoms with van der Waals surface area (Å²) in [6.07, 6.45) is 3.60. The topological polar surface area (TPSA) is 30.7 Å². The van der Waals surface area contributed by atoms with Crippen LogP contribution in [0.4, 0.5) is 4.39 Å². The highest BCUT2D eigenvalue weighted by atomic mass is 31.2. The van der Waals surface area contributed by atoms with Gasteiger partial charge in [-0.3, -0.25) is 0 Å². The smallest absolute Gasteiger partial charge is 0.112 e. The Morgan fingerprint density at radius 2 is 1.21 bits per heavy atom. The van der Waals surface area contributed by atoms with Crippen LogP contribution in [0.1, 0.15) is 5.69 Å². The molecule has 0 spiro atoms. The summed E-state index contributed by atoms with van der Waals surface area (Å²) in [4.78, 5) is 0. The molecule has 1 heterocycles. The Balaban J connectivity index is 1.81. The van der Waals surface area contributed by atoms with Gasteiger partial charge in [-0.25, -0.2) is 9.07 Å². The van der Waals surface area contributed by atoms with Crippen molar-refractivity contribution in [3.05, 3.63) is 103 Å². The third kappa shape index (κ3) is 4.13. The molecular formula is C24H24FN3P+. The van der Waals surface area contributed by atoms with Gasteiger partial charge in [-0.15, -0.1) is 5.10 Å². The third-order valence-corrected chi connectivity index (χ3v) is 9.63. The molecule has 0 unspecified atom stereocenters. The summed E-state index contributed by atoms with van der Waals surface area (Å²) in [7, 11) is -1.88. The largest absolute Gasteiger partial charge is 0.250 e. The molecule has 1 aromatic heterocycles. The van der Waals surface area contributed by atoms with Crippen LogP contribution in [-0.2, 0) is 13.0 Å². The number of rotatable bonds is 8. The van der Waals surface area contributed by atoms with Crippen LogP contribution in [-0.4, -0.2) is 27.8 Å². The Hall–Kier alpha value is -2.84. The van der Waals surface area contributed by atoms with Crippen LogP contribution in [0.15, 0.2) is 97.2 Å². The number of halogens is 1. The number of aryl methyl sites for hydroxylation is 2. The van der Waals surface area contributed by atoms with Crippen molar-refractivity contribution in [2.75, 3.05) is 12.8 Å². The maximum Gasteiger partial charge on any atom is 0.112 e. The van der Waals surface area contributed by atoms with E-state index in [9.17, 15) is 4.39 Å². The first kappa shape index (κ1) is 19.5. The molecule has 146 valence electrons. The lowest BCUT2D eigenvalue weighted by molar-refractivity contribution is 0.422. The van der Waals surface area contributed by atoms with E-state index in [4.69, 9.17) is 0 Å². The molecule has 0 aliphatic heterocycles. The lowest BCUT2D eigenvalue weighted by Crippen LogP contribution is -2.34. The van der Waals surface area contributed by atoms with Crippen molar-refractivity contribution in [2.24, 2.45) is 0 Å². The minimum Gasteiger partial charge on any atom is -0.250 e. The Labute approximate surface area is 171 Å². The third-order valence-electron chi connectivity index (χ3n) is 5.19. The first-order valence-corrected chi connectivity index (χ1v) is 11.8. The monoisotopic (exact) mass is 403 g/mol. The van der Waals surface area contributed by atoms with Crippen molar-refractivity contribution in [1.82, 2.24) is 15.0 Å². The number of hydrogen-bond donors (Lipinski definition) is 0. The molecule has 29 heavy (non-hydrogen) atoms. The summed E-state index contributed by atoms with van der Waals surface area (Å²) in [5.74, 6) is 0. The summed E-state index contributed by atoms with van der Waals surface area (Å²) in [6, 6.07) is 32.4. The van der Waals surface area contributed by atoms with Crippen LogP contribution in [0.2, 0.25) is 0 Å². The standard InChI is InChI=1S/C24H24FN3P/c25-17-18-28-20-21(26-27-28)16-19-29(22-10-4-1-5-11-22,23-12-6-2-7-13-23)24-14-8-3-9-15-24/h1-15,20H,16-19H2/q+1/i25-1. The van der Waals surface area contributed by atoms with Gasteiger partial charge in [0, 0.05) is 12.6 Å². The van der Waals surface area contributed by atoms with Crippen LogP contribution in [0.25, 0.3) is 0 Å². The van der Waals surface area contributed by atoms with E-state index in [0.29, 0.717) is 0 Å². The fraction of sp³-hybridized carbons (Fsp3) is 0.167. The van der Waals surface area contributed by atoms with Gasteiger partial charge in [-0.2, -0.15) is 0 Å². The van der Waals surface area contributed by atoms with Gasteiger partial charge in [-0.05, 0) is 36.4 Å². The quantitative estimate of drug-likeness (QED) is 0.419. The minimum absolute atomic E-state index is 0.253. The van der Waals surface area contributed by atoms with E-state index < -0.39 is 13.9 Å². The number of alkyl halides is 1. The zero-order valence-corrected chi connectivity index (χ0v) is 17.1. The van der Waals surface area contributed by atoms with Crippen molar-refractivity contribution in [1.29, 1.82) is 0 Å². The van der Waals surface area contributed by atoms with Gasteiger partial charge in [0.2, 0.25) is 0 Å². The molecule has 4 aromatic rings. The van der Waals surface area contributed by atoms with Crippen LogP contribution >= 0.6 is 7.26 Å². The SMILES string of the molecule is [18F]CCn1cc(CC[P+](c2ccccc2)(c2ccccc2)c2ccccc2)nn1. The zero-order chi connectivity index (χ0) is 19.9. The lowest BCUT2D eigenvalue weighted by Gasteiger charge is -2.27. The highest BCUT2D eigenvalue weighted by Crippen LogP contribution is 2.55. The second-order valence-corrected chi connectivity index (χ2v) is 10.6. The van der Waals surface area contributed by atoms with Gasteiger partial charge >= 0.3 is 0 Å². The summed E-state index contributed by atoms with van der Waals surface area (Å²) >= 11 is 0. The molecule has 0 bridgehead atoms. The van der Waals surface area contributed by atoms with E-state index in [0.717, 1.165) is 18.3 Å². The maximum atomic E-state index is 12.6. The molecule has 3 nitrogen and oxygen atoms in total. The molecule has 0 atom stereocenters. The van der Waals surface area contributed by atoms with Crippen molar-refractivity contribution < 1.29 is 4.39 Å². The van der Waals surface area contributed by atoms with Crippen LogP contribution in [0.5, 0.6) is 0 Å². The van der Waals surface area contributed by atoms with Crippen LogP contribution in [0.3, 0.4) is 0 Å². The highest BCUT2D eigenvalue weighted by molar-refractivity contribution is 7.95. The van der Waals surface area contributed by atoms with Crippen LogP contribution < -0.4 is 15.9 Å². The average Bonchev–Trinajstić information content (AvgIpc) is 3.24. The fourth-order valence-electron chi connectivity index (χ4n) is 3.81. The first-order valence-electron chi connectivity index (χ1n) is 9.83. The van der Waals surface area contributed by atoms with Crippen molar-refractivity contribution in [3.8, 4) is 0 Å². The molecule has 0 aliphatic rings. The number of hydrogen-bond acceptors (Lipinski definition) is 2. The molecule has 0 aliphatic carbocycles. The zero-order valence-electron chi connectivity index (χ0n) is 16.2. The Bertz CT molecular complexity index is 923. The van der Waals surface area contributed by atoms with Gasteiger partial charge in [0.05, 0.1) is 18.4 Å². The average molecular weight is 403 g/mol. The van der Waals surface area contributed by atoms with E-state index in [1.807, 2.05) is 6.20 Å². The molecule has 0 saturated carbocycles. The molecule has 0 N–H and O–H groups in total. The van der Waals surface area contributed by atoms with E-state index in [1.165, 1.54) is 15.9 Å². The second-order valence-electron chi connectivity index (χ2n) is 6.95. The molecule has 0 saturated heterocycles. The number of aromatic nitrogens is 3. The molecule has 0 fully saturated rings. The van der Waals surface area contributed by atoms with Gasteiger partial charge in [-0.1, -0.05) is 59.8 Å². The summed E-state index contributed by atoms with van der Waals surface area (Å²) in [5.41, 5.74) is 0.908. The normalized spacial score (nSPS) is 11.5. The van der Waals surface area contributed by atoms with Crippen molar-refractivity contribution in [2.45, 2.75) is 13.0 Å². The summed E-state index contributed by atoms with van der Waals surface area (Å²) < 4.78 is 14.2. The first-order chi connectivity index (χ1) is 14.3. The second kappa shape index (κ2) is 9.11. The Morgan fingerprint density at radius 3 is 1.66 bits per heavy atom. The van der Waals surface area contributed by atoms with Crippen LogP contribution in [0, 0.1) is 0 Å². The predicted octanol–water partition coefficient (Wildman–Crippen LogP) is 3.78. The van der Waals surface area contributed by atoms with Crippen molar-refractivity contribution >= 4 is 23.2 Å². The highest BCUT2D eigenvalue weighted by Gasteiger charge is 2.44. The van der Waals surface area contributed by atoms with Gasteiger partial charge in [0.15, 0.2) is 0 Å². The van der Waals surface area contributed by atoms with E-state index >= 15 is 0 Å². The van der Waals surface area contributed by atoms with E-state index in [-0.39, 0.29) is 6.54 Å². The molecule has 3 aromatic carbocycles. The predicted molar refractivity (Wildman–Crippen MR) is 120 cm³/mol. The van der Waals surface area contributed by atoms with Gasteiger partial charge in [0.1, 0.15) is 29.9 Å². The Morgan fingerprint density at radius 1 is 0.724 bits per heavy atom. The summed E-state index contributed by atoms with van der Waals surface area (Å²) in [6.45, 7) is -0.179.